The molecule has 0 atom stereocenters. The fraction of sp³-hybridized carbons (Fsp3) is 0.286. The number of rotatable bonds is 5. The first kappa shape index (κ1) is 22.2. The molecule has 11 heteroatoms. The molecule has 0 bridgehead atoms. The van der Waals surface area contributed by atoms with Crippen molar-refractivity contribution in [3.8, 4) is 0 Å². The molecule has 1 aliphatic rings. The van der Waals surface area contributed by atoms with Crippen LogP contribution in [0.15, 0.2) is 48.0 Å². The maximum Gasteiger partial charge on any atom is 0.419 e. The predicted octanol–water partition coefficient (Wildman–Crippen LogP) is 4.27. The summed E-state index contributed by atoms with van der Waals surface area (Å²) < 4.78 is 52.0. The molecule has 1 saturated heterocycles. The maximum absolute atomic E-state index is 13.4. The van der Waals surface area contributed by atoms with Gasteiger partial charge in [0.15, 0.2) is 5.13 Å². The van der Waals surface area contributed by atoms with Crippen molar-refractivity contribution in [2.75, 3.05) is 36.4 Å². The molecule has 0 spiro atoms. The summed E-state index contributed by atoms with van der Waals surface area (Å²) >= 11 is 1.18. The first-order valence-corrected chi connectivity index (χ1v) is 10.7. The minimum absolute atomic E-state index is 0.273. The highest BCUT2D eigenvalue weighted by molar-refractivity contribution is 7.14. The number of nitrogens with one attached hydrogen (secondary N) is 1. The fourth-order valence-electron chi connectivity index (χ4n) is 3.40. The van der Waals surface area contributed by atoms with Gasteiger partial charge in [-0.1, -0.05) is 6.07 Å². The zero-order valence-electron chi connectivity index (χ0n) is 16.8. The van der Waals surface area contributed by atoms with E-state index in [1.54, 1.807) is 11.6 Å². The summed E-state index contributed by atoms with van der Waals surface area (Å²) in [6.07, 6.45) is -3.11. The van der Waals surface area contributed by atoms with Gasteiger partial charge < -0.3 is 4.90 Å². The minimum atomic E-state index is -4.88. The van der Waals surface area contributed by atoms with Crippen molar-refractivity contribution >= 4 is 28.2 Å². The van der Waals surface area contributed by atoms with Crippen LogP contribution in [-0.4, -0.2) is 47.0 Å². The number of aromatic nitrogens is 2. The molecule has 0 saturated carbocycles. The van der Waals surface area contributed by atoms with Crippen LogP contribution in [0.5, 0.6) is 0 Å². The normalized spacial score (nSPS) is 15.1. The lowest BCUT2D eigenvalue weighted by Crippen LogP contribution is -2.46. The van der Waals surface area contributed by atoms with E-state index in [-0.39, 0.29) is 10.7 Å². The number of anilines is 2. The van der Waals surface area contributed by atoms with Crippen LogP contribution < -0.4 is 10.2 Å². The number of nitrogens with zero attached hydrogens (tertiary/aromatic N) is 4. The molecule has 3 heterocycles. The van der Waals surface area contributed by atoms with Gasteiger partial charge in [0.25, 0.3) is 5.91 Å². The second kappa shape index (κ2) is 9.21. The second-order valence-electron chi connectivity index (χ2n) is 7.24. The SMILES string of the molecule is O=C(Nc1nc(CN2CCN(c3ccccn3)CC2)cs1)c1ccc(F)c(C(F)(F)F)c1. The maximum atomic E-state index is 13.4. The number of hydrogen-bond donors (Lipinski definition) is 1. The van der Waals surface area contributed by atoms with Gasteiger partial charge in [-0.2, -0.15) is 13.2 Å². The quantitative estimate of drug-likeness (QED) is 0.571. The molecule has 3 aromatic rings. The Morgan fingerprint density at radius 2 is 1.91 bits per heavy atom. The summed E-state index contributed by atoms with van der Waals surface area (Å²) in [6.45, 7) is 3.90. The largest absolute Gasteiger partial charge is 0.419 e. The predicted molar refractivity (Wildman–Crippen MR) is 113 cm³/mol. The molecule has 0 radical (unpaired) electrons. The van der Waals surface area contributed by atoms with Gasteiger partial charge in [0.05, 0.1) is 11.3 Å². The molecule has 1 fully saturated rings. The van der Waals surface area contributed by atoms with E-state index in [1.165, 1.54) is 11.3 Å². The molecule has 1 aliphatic heterocycles. The van der Waals surface area contributed by atoms with Crippen molar-refractivity contribution in [2.24, 2.45) is 0 Å². The Labute approximate surface area is 185 Å². The van der Waals surface area contributed by atoms with E-state index in [0.717, 1.165) is 43.8 Å². The number of carbonyl (C=O) groups is 1. The van der Waals surface area contributed by atoms with Crippen LogP contribution in [0.3, 0.4) is 0 Å². The summed E-state index contributed by atoms with van der Waals surface area (Å²) in [6, 6.07) is 7.95. The highest BCUT2D eigenvalue weighted by atomic mass is 32.1. The smallest absolute Gasteiger partial charge is 0.354 e. The summed E-state index contributed by atoms with van der Waals surface area (Å²) in [5.74, 6) is -1.26. The van der Waals surface area contributed by atoms with Crippen LogP contribution in [-0.2, 0) is 12.7 Å². The summed E-state index contributed by atoms with van der Waals surface area (Å²) in [5, 5.41) is 4.56. The van der Waals surface area contributed by atoms with Gasteiger partial charge in [-0.05, 0) is 30.3 Å². The van der Waals surface area contributed by atoms with Gasteiger partial charge in [-0.15, -0.1) is 11.3 Å². The van der Waals surface area contributed by atoms with E-state index in [0.29, 0.717) is 18.7 Å². The number of alkyl halides is 3. The van der Waals surface area contributed by atoms with Crippen LogP contribution >= 0.6 is 11.3 Å². The van der Waals surface area contributed by atoms with E-state index in [4.69, 9.17) is 0 Å². The molecule has 1 N–H and O–H groups in total. The van der Waals surface area contributed by atoms with E-state index in [2.05, 4.69) is 25.1 Å². The number of amides is 1. The van der Waals surface area contributed by atoms with E-state index in [9.17, 15) is 22.4 Å². The third-order valence-corrected chi connectivity index (χ3v) is 5.84. The third-order valence-electron chi connectivity index (χ3n) is 5.04. The molecule has 0 aliphatic carbocycles. The van der Waals surface area contributed by atoms with Crippen molar-refractivity contribution in [1.29, 1.82) is 0 Å². The average Bonchev–Trinajstić information content (AvgIpc) is 3.21. The van der Waals surface area contributed by atoms with E-state index < -0.39 is 23.5 Å². The molecule has 1 amide bonds. The van der Waals surface area contributed by atoms with Crippen LogP contribution in [0, 0.1) is 5.82 Å². The molecule has 2 aromatic heterocycles. The summed E-state index contributed by atoms with van der Waals surface area (Å²) in [4.78, 5) is 25.5. The Morgan fingerprint density at radius 3 is 2.59 bits per heavy atom. The van der Waals surface area contributed by atoms with Gasteiger partial charge in [0, 0.05) is 49.9 Å². The van der Waals surface area contributed by atoms with Gasteiger partial charge in [-0.25, -0.2) is 14.4 Å². The number of pyridine rings is 1. The Hall–Kier alpha value is -3.05. The Balaban J connectivity index is 1.33. The monoisotopic (exact) mass is 465 g/mol. The van der Waals surface area contributed by atoms with Crippen LogP contribution in [0.2, 0.25) is 0 Å². The second-order valence-corrected chi connectivity index (χ2v) is 8.10. The molecule has 0 unspecified atom stereocenters. The van der Waals surface area contributed by atoms with Crippen LogP contribution in [0.25, 0.3) is 0 Å². The van der Waals surface area contributed by atoms with Crippen molar-refractivity contribution in [2.45, 2.75) is 12.7 Å². The van der Waals surface area contributed by atoms with Gasteiger partial charge >= 0.3 is 6.18 Å². The third kappa shape index (κ3) is 5.22. The molecule has 6 nitrogen and oxygen atoms in total. The highest BCUT2D eigenvalue weighted by Crippen LogP contribution is 2.32. The Kier molecular flexibility index (Phi) is 6.38. The lowest BCUT2D eigenvalue weighted by Gasteiger charge is -2.35. The summed E-state index contributed by atoms with van der Waals surface area (Å²) in [7, 11) is 0. The van der Waals surface area contributed by atoms with Crippen LogP contribution in [0.4, 0.5) is 28.5 Å². The van der Waals surface area contributed by atoms with Gasteiger partial charge in [0.1, 0.15) is 11.6 Å². The number of carbonyl (C=O) groups excluding carboxylic acids is 1. The van der Waals surface area contributed by atoms with Crippen molar-refractivity contribution in [3.63, 3.8) is 0 Å². The average molecular weight is 465 g/mol. The van der Waals surface area contributed by atoms with E-state index >= 15 is 0 Å². The number of thiazole rings is 1. The van der Waals surface area contributed by atoms with Crippen LogP contribution in [0.1, 0.15) is 21.6 Å². The molecular weight excluding hydrogens is 446 g/mol. The molecular formula is C21H19F4N5OS. The molecule has 168 valence electrons. The van der Waals surface area contributed by atoms with Crippen molar-refractivity contribution < 1.29 is 22.4 Å². The molecule has 32 heavy (non-hydrogen) atoms. The fourth-order valence-corrected chi connectivity index (χ4v) is 4.09. The Morgan fingerprint density at radius 1 is 1.12 bits per heavy atom. The standard InChI is InChI=1S/C21H19F4N5OS/c22-17-5-4-14(11-16(17)21(23,24)25)19(31)28-20-27-15(13-32-20)12-29-7-9-30(10-8-29)18-3-1-2-6-26-18/h1-6,11,13H,7-10,12H2,(H,27,28,31). The lowest BCUT2D eigenvalue weighted by atomic mass is 10.1. The van der Waals surface area contributed by atoms with Gasteiger partial charge in [0.2, 0.25) is 0 Å². The Bertz CT molecular complexity index is 1080. The zero-order chi connectivity index (χ0) is 22.7. The van der Waals surface area contributed by atoms with Crippen molar-refractivity contribution in [1.82, 2.24) is 14.9 Å². The lowest BCUT2D eigenvalue weighted by molar-refractivity contribution is -0.140. The first-order valence-electron chi connectivity index (χ1n) is 9.80. The highest BCUT2D eigenvalue weighted by Gasteiger charge is 2.34. The summed E-state index contributed by atoms with van der Waals surface area (Å²) in [5.41, 5.74) is -1.01. The number of halogens is 4. The van der Waals surface area contributed by atoms with E-state index in [1.807, 2.05) is 18.2 Å². The number of benzene rings is 1. The number of hydrogen-bond acceptors (Lipinski definition) is 6. The first-order chi connectivity index (χ1) is 15.3. The molecule has 4 rings (SSSR count). The van der Waals surface area contributed by atoms with Gasteiger partial charge in [-0.3, -0.25) is 15.0 Å². The minimum Gasteiger partial charge on any atom is -0.354 e. The molecule has 1 aromatic carbocycles. The topological polar surface area (TPSA) is 61.4 Å². The zero-order valence-corrected chi connectivity index (χ0v) is 17.6. The van der Waals surface area contributed by atoms with Crippen molar-refractivity contribution in [3.05, 3.63) is 70.6 Å². The number of piperazine rings is 1.